The van der Waals surface area contributed by atoms with Crippen LogP contribution in [0.1, 0.15) is 23.6 Å². The van der Waals surface area contributed by atoms with Crippen LogP contribution in [0.2, 0.25) is 5.02 Å². The first-order chi connectivity index (χ1) is 13.6. The molecular weight excluding hydrogens is 394 g/mol. The summed E-state index contributed by atoms with van der Waals surface area (Å²) in [5, 5.41) is 4.58. The molecule has 0 radical (unpaired) electrons. The molecule has 0 saturated carbocycles. The average molecular weight is 414 g/mol. The lowest BCUT2D eigenvalue weighted by molar-refractivity contribution is -0.119. The molecule has 7 heteroatoms. The Balaban J connectivity index is 1.43. The number of hydrogen-bond acceptors (Lipinski definition) is 4. The van der Waals surface area contributed by atoms with E-state index < -0.39 is 0 Å². The minimum atomic E-state index is -0.0240. The van der Waals surface area contributed by atoms with E-state index in [4.69, 9.17) is 16.3 Å². The van der Waals surface area contributed by atoms with Crippen LogP contribution in [0.3, 0.4) is 0 Å². The molecule has 28 heavy (non-hydrogen) atoms. The number of carbonyl (C=O) groups excluding carboxylic acids is 1. The molecule has 4 rings (SSSR count). The van der Waals surface area contributed by atoms with E-state index in [2.05, 4.69) is 10.3 Å². The predicted octanol–water partition coefficient (Wildman–Crippen LogP) is 4.57. The van der Waals surface area contributed by atoms with E-state index in [1.54, 1.807) is 6.20 Å². The number of halogens is 1. The maximum Gasteiger partial charge on any atom is 0.230 e. The second kappa shape index (κ2) is 8.29. The summed E-state index contributed by atoms with van der Waals surface area (Å²) in [4.78, 5) is 17.0. The van der Waals surface area contributed by atoms with Gasteiger partial charge in [0.2, 0.25) is 5.91 Å². The van der Waals surface area contributed by atoms with Gasteiger partial charge in [0.05, 0.1) is 24.1 Å². The number of thioether (sulfide) groups is 1. The van der Waals surface area contributed by atoms with Crippen LogP contribution < -0.4 is 10.1 Å². The maximum absolute atomic E-state index is 12.6. The van der Waals surface area contributed by atoms with Gasteiger partial charge in [0.15, 0.2) is 5.16 Å². The third-order valence-electron chi connectivity index (χ3n) is 4.73. The van der Waals surface area contributed by atoms with Crippen LogP contribution in [0, 0.1) is 6.92 Å². The normalized spacial score (nSPS) is 15.6. The Bertz CT molecular complexity index is 1000. The van der Waals surface area contributed by atoms with Crippen molar-refractivity contribution in [1.82, 2.24) is 14.9 Å². The van der Waals surface area contributed by atoms with E-state index in [0.717, 1.165) is 34.1 Å². The number of fused-ring (bicyclic) bond motifs is 1. The van der Waals surface area contributed by atoms with Crippen LogP contribution in [-0.4, -0.2) is 27.8 Å². The van der Waals surface area contributed by atoms with Gasteiger partial charge in [0, 0.05) is 29.4 Å². The maximum atomic E-state index is 12.6. The van der Waals surface area contributed by atoms with Crippen molar-refractivity contribution >= 4 is 29.3 Å². The fourth-order valence-corrected chi connectivity index (χ4v) is 4.24. The number of para-hydroxylation sites is 1. The number of amides is 1. The standard InChI is InChI=1S/C21H20ClN3O2S/c1-14-16(22)6-4-7-18(14)25-11-10-23-21(25)28-13-20(26)24-17-9-12-27-19-8-3-2-5-15(17)19/h2-8,10-11,17H,9,12-13H2,1H3,(H,24,26)/t17-/m1/s1. The van der Waals surface area contributed by atoms with Gasteiger partial charge in [-0.3, -0.25) is 9.36 Å². The molecule has 1 aliphatic heterocycles. The summed E-state index contributed by atoms with van der Waals surface area (Å²) in [6.07, 6.45) is 4.38. The van der Waals surface area contributed by atoms with E-state index in [-0.39, 0.29) is 17.7 Å². The van der Waals surface area contributed by atoms with Crippen LogP contribution in [0.25, 0.3) is 5.69 Å². The number of nitrogens with one attached hydrogen (secondary N) is 1. The van der Waals surface area contributed by atoms with E-state index in [0.29, 0.717) is 11.6 Å². The molecule has 1 aromatic heterocycles. The number of nitrogens with zero attached hydrogens (tertiary/aromatic N) is 2. The summed E-state index contributed by atoms with van der Waals surface area (Å²) in [6.45, 7) is 2.58. The third-order valence-corrected chi connectivity index (χ3v) is 6.11. The van der Waals surface area contributed by atoms with Gasteiger partial charge in [-0.15, -0.1) is 0 Å². The van der Waals surface area contributed by atoms with Gasteiger partial charge in [-0.25, -0.2) is 4.98 Å². The quantitative estimate of drug-likeness (QED) is 0.622. The molecule has 5 nitrogen and oxygen atoms in total. The molecule has 1 aliphatic rings. The largest absolute Gasteiger partial charge is 0.493 e. The zero-order valence-corrected chi connectivity index (χ0v) is 17.0. The highest BCUT2D eigenvalue weighted by Gasteiger charge is 2.22. The van der Waals surface area contributed by atoms with Gasteiger partial charge >= 0.3 is 0 Å². The van der Waals surface area contributed by atoms with Crippen molar-refractivity contribution in [2.45, 2.75) is 24.5 Å². The van der Waals surface area contributed by atoms with Gasteiger partial charge in [0.1, 0.15) is 5.75 Å². The molecule has 0 bridgehead atoms. The van der Waals surface area contributed by atoms with Crippen molar-refractivity contribution in [2.24, 2.45) is 0 Å². The Kier molecular flexibility index (Phi) is 5.59. The second-order valence-corrected chi connectivity index (χ2v) is 7.90. The van der Waals surface area contributed by atoms with Gasteiger partial charge < -0.3 is 10.1 Å². The first-order valence-electron chi connectivity index (χ1n) is 9.06. The van der Waals surface area contributed by atoms with Crippen molar-refractivity contribution in [3.8, 4) is 11.4 Å². The van der Waals surface area contributed by atoms with E-state index in [1.165, 1.54) is 11.8 Å². The molecule has 0 saturated heterocycles. The molecule has 3 aromatic rings. The van der Waals surface area contributed by atoms with Crippen LogP contribution in [0.15, 0.2) is 60.0 Å². The summed E-state index contributed by atoms with van der Waals surface area (Å²) in [6, 6.07) is 13.6. The van der Waals surface area contributed by atoms with Gasteiger partial charge in [-0.05, 0) is 30.7 Å². The van der Waals surface area contributed by atoms with Crippen LogP contribution in [0.4, 0.5) is 0 Å². The lowest BCUT2D eigenvalue weighted by Gasteiger charge is -2.26. The zero-order valence-electron chi connectivity index (χ0n) is 15.4. The van der Waals surface area contributed by atoms with E-state index in [9.17, 15) is 4.79 Å². The first kappa shape index (κ1) is 18.9. The Morgan fingerprint density at radius 1 is 1.32 bits per heavy atom. The Labute approximate surface area is 173 Å². The number of benzene rings is 2. The lowest BCUT2D eigenvalue weighted by atomic mass is 10.0. The molecule has 0 unspecified atom stereocenters. The molecule has 0 spiro atoms. The third kappa shape index (κ3) is 3.88. The smallest absolute Gasteiger partial charge is 0.230 e. The Morgan fingerprint density at radius 2 is 2.18 bits per heavy atom. The summed E-state index contributed by atoms with van der Waals surface area (Å²) in [5.41, 5.74) is 2.97. The van der Waals surface area contributed by atoms with E-state index in [1.807, 2.05) is 60.2 Å². The predicted molar refractivity (Wildman–Crippen MR) is 111 cm³/mol. The number of hydrogen-bond donors (Lipinski definition) is 1. The topological polar surface area (TPSA) is 56.2 Å². The SMILES string of the molecule is Cc1c(Cl)cccc1-n1ccnc1SCC(=O)N[C@@H]1CCOc2ccccc21. The Hall–Kier alpha value is -2.44. The van der Waals surface area contributed by atoms with Gasteiger partial charge in [0.25, 0.3) is 0 Å². The van der Waals surface area contributed by atoms with Crippen molar-refractivity contribution in [3.05, 3.63) is 71.0 Å². The van der Waals surface area contributed by atoms with E-state index >= 15 is 0 Å². The summed E-state index contributed by atoms with van der Waals surface area (Å²) in [7, 11) is 0. The van der Waals surface area contributed by atoms with Crippen LogP contribution >= 0.6 is 23.4 Å². The van der Waals surface area contributed by atoms with Crippen molar-refractivity contribution in [1.29, 1.82) is 0 Å². The molecule has 1 amide bonds. The highest BCUT2D eigenvalue weighted by molar-refractivity contribution is 7.99. The highest BCUT2D eigenvalue weighted by atomic mass is 35.5. The van der Waals surface area contributed by atoms with Crippen LogP contribution in [0.5, 0.6) is 5.75 Å². The van der Waals surface area contributed by atoms with Gasteiger partial charge in [-0.1, -0.05) is 47.6 Å². The van der Waals surface area contributed by atoms with Crippen molar-refractivity contribution < 1.29 is 9.53 Å². The molecular formula is C21H20ClN3O2S. The molecule has 1 N–H and O–H groups in total. The average Bonchev–Trinajstić information content (AvgIpc) is 3.17. The molecule has 0 fully saturated rings. The van der Waals surface area contributed by atoms with Crippen molar-refractivity contribution in [2.75, 3.05) is 12.4 Å². The zero-order chi connectivity index (χ0) is 19.5. The molecule has 144 valence electrons. The lowest BCUT2D eigenvalue weighted by Crippen LogP contribution is -2.33. The molecule has 2 aromatic carbocycles. The minimum Gasteiger partial charge on any atom is -0.493 e. The molecule has 1 atom stereocenters. The summed E-state index contributed by atoms with van der Waals surface area (Å²) in [5.74, 6) is 1.11. The molecule has 0 aliphatic carbocycles. The molecule has 2 heterocycles. The highest BCUT2D eigenvalue weighted by Crippen LogP contribution is 2.32. The fourth-order valence-electron chi connectivity index (χ4n) is 3.30. The Morgan fingerprint density at radius 3 is 3.07 bits per heavy atom. The summed E-state index contributed by atoms with van der Waals surface area (Å²) >= 11 is 7.65. The number of rotatable bonds is 5. The number of carbonyl (C=O) groups is 1. The van der Waals surface area contributed by atoms with Crippen LogP contribution in [-0.2, 0) is 4.79 Å². The summed E-state index contributed by atoms with van der Waals surface area (Å²) < 4.78 is 7.62. The number of ether oxygens (including phenoxy) is 1. The monoisotopic (exact) mass is 413 g/mol. The van der Waals surface area contributed by atoms with Gasteiger partial charge in [-0.2, -0.15) is 0 Å². The second-order valence-electron chi connectivity index (χ2n) is 6.55. The minimum absolute atomic E-state index is 0.0204. The first-order valence-corrected chi connectivity index (χ1v) is 10.4. The number of aromatic nitrogens is 2. The fraction of sp³-hybridized carbons (Fsp3) is 0.238. The van der Waals surface area contributed by atoms with Crippen molar-refractivity contribution in [3.63, 3.8) is 0 Å². The number of imidazole rings is 1.